The van der Waals surface area contributed by atoms with Crippen molar-refractivity contribution in [2.75, 3.05) is 18.5 Å². The summed E-state index contributed by atoms with van der Waals surface area (Å²) in [6.45, 7) is 2.44. The zero-order chi connectivity index (χ0) is 8.97. The molecule has 0 unspecified atom stereocenters. The lowest BCUT2D eigenvalue weighted by atomic mass is 10.7. The molecule has 0 aliphatic carbocycles. The molecular formula is C5H9N5OS. The van der Waals surface area contributed by atoms with E-state index >= 15 is 0 Å². The predicted molar refractivity (Wildman–Crippen MR) is 45.2 cm³/mol. The number of carbonyl (C=O) groups is 1. The minimum atomic E-state index is -0.198. The van der Waals surface area contributed by atoms with Gasteiger partial charge in [0.1, 0.15) is 0 Å². The molecule has 7 heteroatoms. The average Bonchev–Trinajstić information content (AvgIpc) is 2.55. The third-order valence-electron chi connectivity index (χ3n) is 1.21. The first kappa shape index (κ1) is 8.85. The smallest absolute Gasteiger partial charge is 0.323 e. The van der Waals surface area contributed by atoms with Crippen molar-refractivity contribution in [1.29, 1.82) is 0 Å². The highest BCUT2D eigenvalue weighted by atomic mass is 32.1. The Morgan fingerprint density at radius 2 is 2.50 bits per heavy atom. The molecule has 0 aliphatic rings. The Bertz CT molecular complexity index is 248. The molecule has 1 aromatic rings. The molecule has 1 N–H and O–H groups in total. The number of carbonyl (C=O) groups excluding carboxylic acids is 1. The number of hydrogen-bond acceptors (Lipinski definition) is 5. The molecule has 0 aromatic carbocycles. The molecule has 0 aliphatic heterocycles. The second-order valence-electron chi connectivity index (χ2n) is 2.04. The van der Waals surface area contributed by atoms with Crippen molar-refractivity contribution >= 4 is 22.7 Å². The summed E-state index contributed by atoms with van der Waals surface area (Å²) in [5.41, 5.74) is 0. The van der Waals surface area contributed by atoms with Crippen molar-refractivity contribution < 1.29 is 4.79 Å². The Morgan fingerprint density at radius 3 is 3.00 bits per heavy atom. The van der Waals surface area contributed by atoms with Gasteiger partial charge in [-0.15, -0.1) is 0 Å². The van der Waals surface area contributed by atoms with E-state index in [9.17, 15) is 4.79 Å². The van der Waals surface area contributed by atoms with Gasteiger partial charge in [0.05, 0.1) is 0 Å². The Kier molecular flexibility index (Phi) is 2.92. The molecule has 0 saturated carbocycles. The van der Waals surface area contributed by atoms with Crippen LogP contribution in [-0.2, 0) is 0 Å². The standard InChI is InChI=1S/C5H9N5OS/c1-3-6-4(11)10(2)5-7-8-9-12-5/h3H2,1-2H3,(H,6,11). The van der Waals surface area contributed by atoms with Crippen LogP contribution in [0.5, 0.6) is 0 Å². The van der Waals surface area contributed by atoms with Gasteiger partial charge in [-0.25, -0.2) is 4.79 Å². The summed E-state index contributed by atoms with van der Waals surface area (Å²) in [7, 11) is 1.62. The topological polar surface area (TPSA) is 71.0 Å². The van der Waals surface area contributed by atoms with Gasteiger partial charge in [-0.05, 0) is 12.1 Å². The minimum Gasteiger partial charge on any atom is -0.338 e. The number of anilines is 1. The highest BCUT2D eigenvalue weighted by Crippen LogP contribution is 2.10. The largest absolute Gasteiger partial charge is 0.338 e. The zero-order valence-corrected chi connectivity index (χ0v) is 7.63. The molecule has 1 aromatic heterocycles. The predicted octanol–water partition coefficient (Wildman–Crippen LogP) is 0.0988. The number of amides is 2. The summed E-state index contributed by atoms with van der Waals surface area (Å²) in [6, 6.07) is -0.198. The molecule has 0 fully saturated rings. The lowest BCUT2D eigenvalue weighted by Gasteiger charge is -2.11. The number of nitrogens with one attached hydrogen (secondary N) is 1. The summed E-state index contributed by atoms with van der Waals surface area (Å²) >= 11 is 1.08. The fourth-order valence-corrected chi connectivity index (χ4v) is 1.04. The zero-order valence-electron chi connectivity index (χ0n) is 6.81. The molecular weight excluding hydrogens is 178 g/mol. The monoisotopic (exact) mass is 187 g/mol. The average molecular weight is 187 g/mol. The second-order valence-corrected chi connectivity index (χ2v) is 2.75. The maximum atomic E-state index is 11.2. The van der Waals surface area contributed by atoms with Gasteiger partial charge < -0.3 is 5.32 Å². The van der Waals surface area contributed by atoms with Crippen molar-refractivity contribution in [1.82, 2.24) is 20.1 Å². The van der Waals surface area contributed by atoms with Crippen molar-refractivity contribution in [3.8, 4) is 0 Å². The first-order valence-electron chi connectivity index (χ1n) is 3.42. The van der Waals surface area contributed by atoms with Crippen LogP contribution in [0.3, 0.4) is 0 Å². The van der Waals surface area contributed by atoms with Gasteiger partial charge >= 0.3 is 6.03 Å². The molecule has 6 nitrogen and oxygen atoms in total. The van der Waals surface area contributed by atoms with Crippen molar-refractivity contribution in [2.45, 2.75) is 6.92 Å². The fraction of sp³-hybridized carbons (Fsp3) is 0.600. The van der Waals surface area contributed by atoms with Gasteiger partial charge in [-0.1, -0.05) is 9.59 Å². The van der Waals surface area contributed by atoms with Crippen LogP contribution < -0.4 is 10.2 Å². The quantitative estimate of drug-likeness (QED) is 0.712. The van der Waals surface area contributed by atoms with Crippen LogP contribution in [0.1, 0.15) is 6.92 Å². The van der Waals surface area contributed by atoms with Gasteiger partial charge in [-0.2, -0.15) is 0 Å². The highest BCUT2D eigenvalue weighted by molar-refractivity contribution is 7.09. The van der Waals surface area contributed by atoms with E-state index in [1.54, 1.807) is 7.05 Å². The maximum Gasteiger partial charge on any atom is 0.323 e. The van der Waals surface area contributed by atoms with Gasteiger partial charge in [-0.3, -0.25) is 4.90 Å². The van der Waals surface area contributed by atoms with E-state index in [0.29, 0.717) is 11.7 Å². The first-order valence-corrected chi connectivity index (χ1v) is 4.19. The van der Waals surface area contributed by atoms with Crippen LogP contribution >= 0.6 is 11.5 Å². The molecule has 66 valence electrons. The van der Waals surface area contributed by atoms with Gasteiger partial charge in [0.25, 0.3) is 0 Å². The van der Waals surface area contributed by atoms with Crippen molar-refractivity contribution in [3.63, 3.8) is 0 Å². The van der Waals surface area contributed by atoms with Gasteiger partial charge in [0, 0.05) is 25.1 Å². The number of aromatic nitrogens is 3. The lowest BCUT2D eigenvalue weighted by molar-refractivity contribution is 0.248. The summed E-state index contributed by atoms with van der Waals surface area (Å²) in [6.07, 6.45) is 0. The Hall–Kier alpha value is -1.24. The molecule has 1 rings (SSSR count). The second kappa shape index (κ2) is 3.96. The van der Waals surface area contributed by atoms with Crippen LogP contribution in [-0.4, -0.2) is 34.4 Å². The molecule has 12 heavy (non-hydrogen) atoms. The van der Waals surface area contributed by atoms with E-state index in [1.807, 2.05) is 6.92 Å². The van der Waals surface area contributed by atoms with E-state index in [1.165, 1.54) is 4.90 Å². The van der Waals surface area contributed by atoms with Gasteiger partial charge in [0.15, 0.2) is 0 Å². The number of rotatable bonds is 2. The summed E-state index contributed by atoms with van der Waals surface area (Å²) in [5, 5.41) is 10.1. The Morgan fingerprint density at radius 1 is 1.75 bits per heavy atom. The Balaban J connectivity index is 2.59. The molecule has 0 radical (unpaired) electrons. The molecule has 0 bridgehead atoms. The first-order chi connectivity index (χ1) is 5.75. The third-order valence-corrected chi connectivity index (χ3v) is 1.88. The number of nitrogens with zero attached hydrogens (tertiary/aromatic N) is 4. The molecule has 0 spiro atoms. The Labute approximate surface area is 73.7 Å². The number of urea groups is 1. The molecule has 1 heterocycles. The minimum absolute atomic E-state index is 0.198. The normalized spacial score (nSPS) is 9.50. The van der Waals surface area contributed by atoms with E-state index < -0.39 is 0 Å². The lowest BCUT2D eigenvalue weighted by Crippen LogP contribution is -2.36. The molecule has 0 saturated heterocycles. The van der Waals surface area contributed by atoms with Crippen molar-refractivity contribution in [2.24, 2.45) is 0 Å². The molecule has 2 amide bonds. The van der Waals surface area contributed by atoms with E-state index in [4.69, 9.17) is 0 Å². The van der Waals surface area contributed by atoms with E-state index in [2.05, 4.69) is 20.1 Å². The highest BCUT2D eigenvalue weighted by Gasteiger charge is 2.12. The van der Waals surface area contributed by atoms with Crippen LogP contribution in [0, 0.1) is 0 Å². The molecule has 0 atom stereocenters. The fourth-order valence-electron chi connectivity index (χ4n) is 0.615. The van der Waals surface area contributed by atoms with Crippen LogP contribution in [0.4, 0.5) is 9.93 Å². The van der Waals surface area contributed by atoms with Crippen LogP contribution in [0.25, 0.3) is 0 Å². The van der Waals surface area contributed by atoms with E-state index in [0.717, 1.165) is 11.5 Å². The summed E-state index contributed by atoms with van der Waals surface area (Å²) in [5.74, 6) is 0. The van der Waals surface area contributed by atoms with Crippen molar-refractivity contribution in [3.05, 3.63) is 0 Å². The summed E-state index contributed by atoms with van der Waals surface area (Å²) < 4.78 is 3.54. The van der Waals surface area contributed by atoms with Crippen LogP contribution in [0.2, 0.25) is 0 Å². The van der Waals surface area contributed by atoms with Crippen LogP contribution in [0.15, 0.2) is 0 Å². The SMILES string of the molecule is CCNC(=O)N(C)c1nnns1. The number of hydrogen-bond donors (Lipinski definition) is 1. The maximum absolute atomic E-state index is 11.2. The summed E-state index contributed by atoms with van der Waals surface area (Å²) in [4.78, 5) is 12.5. The third kappa shape index (κ3) is 1.88. The van der Waals surface area contributed by atoms with E-state index in [-0.39, 0.29) is 6.03 Å². The van der Waals surface area contributed by atoms with Gasteiger partial charge in [0.2, 0.25) is 5.13 Å².